The number of rotatable bonds is 7. The molecule has 0 unspecified atom stereocenters. The molecule has 0 aliphatic heterocycles. The number of anilines is 1. The zero-order valence-corrected chi connectivity index (χ0v) is 18.6. The maximum Gasteiger partial charge on any atom is 0.268 e. The third-order valence-corrected chi connectivity index (χ3v) is 6.39. The molecule has 0 saturated carbocycles. The molecule has 0 fully saturated rings. The Morgan fingerprint density at radius 1 is 0.935 bits per heavy atom. The van der Waals surface area contributed by atoms with Crippen LogP contribution in [-0.4, -0.2) is 23.3 Å². The van der Waals surface area contributed by atoms with Gasteiger partial charge in [0.15, 0.2) is 5.13 Å². The number of aromatic nitrogens is 1. The van der Waals surface area contributed by atoms with Crippen LogP contribution in [0.1, 0.15) is 22.2 Å². The molecule has 2 N–H and O–H groups in total. The van der Waals surface area contributed by atoms with E-state index in [4.69, 9.17) is 0 Å². The maximum atomic E-state index is 12.8. The van der Waals surface area contributed by atoms with E-state index in [1.165, 1.54) is 29.6 Å². The van der Waals surface area contributed by atoms with Gasteiger partial charge in [0, 0.05) is 30.0 Å². The van der Waals surface area contributed by atoms with Crippen molar-refractivity contribution in [2.75, 3.05) is 11.9 Å². The molecule has 0 aliphatic carbocycles. The number of amides is 2. The van der Waals surface area contributed by atoms with Gasteiger partial charge in [0.25, 0.3) is 5.91 Å². The molecule has 0 bridgehead atoms. The molecule has 156 valence electrons. The number of benzene rings is 2. The standard InChI is InChI=1S/C24H21N3O2S2/c1-16(28)25-13-11-17-7-9-19(10-8-17)21-15-31-24(26-21)27-23(29)22-20(12-14-30-22)18-5-3-2-4-6-18/h2-10,12,14-15H,11,13H2,1H3,(H,25,28)(H,26,27,29). The average molecular weight is 448 g/mol. The van der Waals surface area contributed by atoms with E-state index in [-0.39, 0.29) is 11.8 Å². The molecule has 2 aromatic heterocycles. The van der Waals surface area contributed by atoms with Gasteiger partial charge in [-0.15, -0.1) is 22.7 Å². The highest BCUT2D eigenvalue weighted by Crippen LogP contribution is 2.30. The smallest absolute Gasteiger partial charge is 0.268 e. The molecular weight excluding hydrogens is 426 g/mol. The third-order valence-electron chi connectivity index (χ3n) is 4.72. The molecule has 4 aromatic rings. The Morgan fingerprint density at radius 3 is 2.45 bits per heavy atom. The zero-order valence-electron chi connectivity index (χ0n) is 16.9. The highest BCUT2D eigenvalue weighted by molar-refractivity contribution is 7.15. The third kappa shape index (κ3) is 5.25. The largest absolute Gasteiger partial charge is 0.356 e. The lowest BCUT2D eigenvalue weighted by Crippen LogP contribution is -2.22. The van der Waals surface area contributed by atoms with Gasteiger partial charge in [-0.25, -0.2) is 4.98 Å². The molecular formula is C24H21N3O2S2. The van der Waals surface area contributed by atoms with Crippen molar-refractivity contribution in [1.29, 1.82) is 0 Å². The fourth-order valence-corrected chi connectivity index (χ4v) is 4.70. The van der Waals surface area contributed by atoms with Crippen molar-refractivity contribution in [3.05, 3.63) is 81.9 Å². The Bertz CT molecular complexity index is 1180. The van der Waals surface area contributed by atoms with Crippen LogP contribution in [0, 0.1) is 0 Å². The molecule has 2 heterocycles. The van der Waals surface area contributed by atoms with E-state index in [2.05, 4.69) is 15.6 Å². The number of hydrogen-bond donors (Lipinski definition) is 2. The van der Waals surface area contributed by atoms with Crippen LogP contribution in [0.15, 0.2) is 71.4 Å². The number of nitrogens with one attached hydrogen (secondary N) is 2. The summed E-state index contributed by atoms with van der Waals surface area (Å²) >= 11 is 2.83. The van der Waals surface area contributed by atoms with Crippen LogP contribution in [0.2, 0.25) is 0 Å². The molecule has 7 heteroatoms. The number of carbonyl (C=O) groups excluding carboxylic acids is 2. The molecule has 2 aromatic carbocycles. The minimum absolute atomic E-state index is 0.0212. The summed E-state index contributed by atoms with van der Waals surface area (Å²) in [5, 5.41) is 10.2. The van der Waals surface area contributed by atoms with Gasteiger partial charge in [0.2, 0.25) is 5.91 Å². The van der Waals surface area contributed by atoms with Crippen molar-refractivity contribution in [1.82, 2.24) is 10.3 Å². The topological polar surface area (TPSA) is 71.1 Å². The van der Waals surface area contributed by atoms with Crippen LogP contribution >= 0.6 is 22.7 Å². The van der Waals surface area contributed by atoms with E-state index in [9.17, 15) is 9.59 Å². The summed E-state index contributed by atoms with van der Waals surface area (Å²) in [4.78, 5) is 29.1. The molecule has 0 spiro atoms. The van der Waals surface area contributed by atoms with Crippen LogP contribution in [-0.2, 0) is 11.2 Å². The number of carbonyl (C=O) groups is 2. The van der Waals surface area contributed by atoms with Gasteiger partial charge in [0.1, 0.15) is 4.88 Å². The van der Waals surface area contributed by atoms with Gasteiger partial charge in [-0.05, 0) is 29.0 Å². The van der Waals surface area contributed by atoms with E-state index in [1.54, 1.807) is 0 Å². The lowest BCUT2D eigenvalue weighted by Gasteiger charge is -2.04. The number of thiazole rings is 1. The van der Waals surface area contributed by atoms with Gasteiger partial charge in [-0.2, -0.15) is 0 Å². The Morgan fingerprint density at radius 2 is 1.71 bits per heavy atom. The lowest BCUT2D eigenvalue weighted by molar-refractivity contribution is -0.118. The summed E-state index contributed by atoms with van der Waals surface area (Å²) in [6, 6.07) is 19.9. The van der Waals surface area contributed by atoms with Crippen molar-refractivity contribution in [3.63, 3.8) is 0 Å². The molecule has 2 amide bonds. The van der Waals surface area contributed by atoms with Crippen LogP contribution < -0.4 is 10.6 Å². The lowest BCUT2D eigenvalue weighted by atomic mass is 10.1. The summed E-state index contributed by atoms with van der Waals surface area (Å²) < 4.78 is 0. The number of nitrogens with zero attached hydrogens (tertiary/aromatic N) is 1. The summed E-state index contributed by atoms with van der Waals surface area (Å²) in [6.07, 6.45) is 0.781. The highest BCUT2D eigenvalue weighted by atomic mass is 32.1. The second kappa shape index (κ2) is 9.68. The van der Waals surface area contributed by atoms with Crippen molar-refractivity contribution < 1.29 is 9.59 Å². The maximum absolute atomic E-state index is 12.8. The highest BCUT2D eigenvalue weighted by Gasteiger charge is 2.16. The van der Waals surface area contributed by atoms with Crippen molar-refractivity contribution >= 4 is 39.6 Å². The summed E-state index contributed by atoms with van der Waals surface area (Å²) in [7, 11) is 0. The van der Waals surface area contributed by atoms with Crippen molar-refractivity contribution in [2.24, 2.45) is 0 Å². The first-order valence-electron chi connectivity index (χ1n) is 9.83. The number of thiophene rings is 1. The van der Waals surface area contributed by atoms with Gasteiger partial charge in [-0.3, -0.25) is 14.9 Å². The molecule has 31 heavy (non-hydrogen) atoms. The van der Waals surface area contributed by atoms with Gasteiger partial charge >= 0.3 is 0 Å². The predicted octanol–water partition coefficient (Wildman–Crippen LogP) is 5.47. The first-order valence-corrected chi connectivity index (χ1v) is 11.6. The zero-order chi connectivity index (χ0) is 21.6. The van der Waals surface area contributed by atoms with Crippen LogP contribution in [0.5, 0.6) is 0 Å². The van der Waals surface area contributed by atoms with Gasteiger partial charge in [0.05, 0.1) is 5.69 Å². The van der Waals surface area contributed by atoms with Crippen molar-refractivity contribution in [3.8, 4) is 22.4 Å². The first kappa shape index (κ1) is 21.0. The Balaban J connectivity index is 1.42. The fraction of sp³-hybridized carbons (Fsp3) is 0.125. The molecule has 4 rings (SSSR count). The van der Waals surface area contributed by atoms with Crippen LogP contribution in [0.4, 0.5) is 5.13 Å². The van der Waals surface area contributed by atoms with Crippen molar-refractivity contribution in [2.45, 2.75) is 13.3 Å². The Labute approximate surface area is 188 Å². The van der Waals surface area contributed by atoms with Gasteiger partial charge < -0.3 is 5.32 Å². The van der Waals surface area contributed by atoms with Crippen LogP contribution in [0.3, 0.4) is 0 Å². The van der Waals surface area contributed by atoms with E-state index >= 15 is 0 Å². The minimum Gasteiger partial charge on any atom is -0.356 e. The second-order valence-electron chi connectivity index (χ2n) is 6.95. The molecule has 0 saturated heterocycles. The quantitative estimate of drug-likeness (QED) is 0.395. The van der Waals surface area contributed by atoms with Gasteiger partial charge in [-0.1, -0.05) is 54.6 Å². The van der Waals surface area contributed by atoms with E-state index in [0.717, 1.165) is 34.4 Å². The summed E-state index contributed by atoms with van der Waals surface area (Å²) in [6.45, 7) is 2.14. The summed E-state index contributed by atoms with van der Waals surface area (Å²) in [5.41, 5.74) is 4.90. The van der Waals surface area contributed by atoms with E-state index in [1.807, 2.05) is 71.4 Å². The van der Waals surface area contributed by atoms with E-state index in [0.29, 0.717) is 16.6 Å². The van der Waals surface area contributed by atoms with Crippen LogP contribution in [0.25, 0.3) is 22.4 Å². The average Bonchev–Trinajstić information content (AvgIpc) is 3.44. The fourth-order valence-electron chi connectivity index (χ4n) is 3.17. The Hall–Kier alpha value is -3.29. The van der Waals surface area contributed by atoms with E-state index < -0.39 is 0 Å². The molecule has 5 nitrogen and oxygen atoms in total. The SMILES string of the molecule is CC(=O)NCCc1ccc(-c2csc(NC(=O)c3sccc3-c3ccccc3)n2)cc1. The molecule has 0 radical (unpaired) electrons. The minimum atomic E-state index is -0.150. The Kier molecular flexibility index (Phi) is 6.54. The first-order chi connectivity index (χ1) is 15.1. The predicted molar refractivity (Wildman–Crippen MR) is 128 cm³/mol. The number of hydrogen-bond acceptors (Lipinski definition) is 5. The second-order valence-corrected chi connectivity index (χ2v) is 8.73. The molecule has 0 atom stereocenters. The summed E-state index contributed by atoms with van der Waals surface area (Å²) in [5.74, 6) is -0.171. The molecule has 0 aliphatic rings. The monoisotopic (exact) mass is 447 g/mol. The normalized spacial score (nSPS) is 10.6.